The zero-order chi connectivity index (χ0) is 27.0. The van der Waals surface area contributed by atoms with Gasteiger partial charge in [-0.2, -0.15) is 0 Å². The molecule has 5 N–H and O–H groups in total. The van der Waals surface area contributed by atoms with Crippen LogP contribution in [-0.4, -0.2) is 36.3 Å². The van der Waals surface area contributed by atoms with E-state index < -0.39 is 11.1 Å². The molecule has 2 bridgehead atoms. The molecule has 198 valence electrons. The molecular weight excluding hydrogens is 478 g/mol. The van der Waals surface area contributed by atoms with E-state index >= 15 is 0 Å². The molecule has 0 aliphatic carbocycles. The van der Waals surface area contributed by atoms with Crippen LogP contribution in [0, 0.1) is 5.41 Å². The summed E-state index contributed by atoms with van der Waals surface area (Å²) in [6.07, 6.45) is 0.276. The van der Waals surface area contributed by atoms with Crippen molar-refractivity contribution < 1.29 is 14.3 Å². The third-order valence-electron chi connectivity index (χ3n) is 8.90. The van der Waals surface area contributed by atoms with E-state index in [2.05, 4.69) is 81.4 Å². The van der Waals surface area contributed by atoms with Gasteiger partial charge < -0.3 is 35.4 Å². The minimum atomic E-state index is -0.903. The quantitative estimate of drug-likeness (QED) is 0.286. The average Bonchev–Trinajstić information content (AvgIpc) is 3.69. The van der Waals surface area contributed by atoms with Gasteiger partial charge in [0.2, 0.25) is 0 Å². The van der Waals surface area contributed by atoms with Crippen molar-refractivity contribution in [3.05, 3.63) is 59.7 Å². The van der Waals surface area contributed by atoms with Crippen molar-refractivity contribution in [2.75, 3.05) is 21.2 Å². The lowest BCUT2D eigenvalue weighted by molar-refractivity contribution is -0.178. The molecule has 8 nitrogen and oxygen atoms in total. The normalized spacial score (nSPS) is 24.8. The largest absolute Gasteiger partial charge is 0.468 e. The lowest BCUT2D eigenvalue weighted by atomic mass is 9.78. The second kappa shape index (κ2) is 8.54. The Morgan fingerprint density at radius 1 is 0.921 bits per heavy atom. The van der Waals surface area contributed by atoms with E-state index in [1.54, 1.807) is 0 Å². The Morgan fingerprint density at radius 3 is 2.11 bits per heavy atom. The zero-order valence-corrected chi connectivity index (χ0v) is 22.6. The predicted molar refractivity (Wildman–Crippen MR) is 152 cm³/mol. The summed E-state index contributed by atoms with van der Waals surface area (Å²) in [5.74, 6) is -0.234. The Balaban J connectivity index is 0.000000633. The van der Waals surface area contributed by atoms with Crippen molar-refractivity contribution >= 4 is 49.6 Å². The summed E-state index contributed by atoms with van der Waals surface area (Å²) < 4.78 is 17.1. The molecule has 2 aromatic heterocycles. The van der Waals surface area contributed by atoms with Crippen LogP contribution < -0.4 is 16.8 Å². The highest BCUT2D eigenvalue weighted by atomic mass is 16.6. The third-order valence-corrected chi connectivity index (χ3v) is 8.90. The number of aromatic nitrogens is 2. The first-order valence-corrected chi connectivity index (χ1v) is 13.1. The second-order valence-corrected chi connectivity index (χ2v) is 10.3. The molecule has 3 aromatic carbocycles. The Bertz CT molecular complexity index is 1750. The van der Waals surface area contributed by atoms with Crippen molar-refractivity contribution in [1.29, 1.82) is 0 Å². The van der Waals surface area contributed by atoms with Gasteiger partial charge in [-0.15, -0.1) is 0 Å². The maximum Gasteiger partial charge on any atom is 0.316 e. The number of nitrogens with zero attached hydrogens (tertiary/aromatic N) is 2. The van der Waals surface area contributed by atoms with Gasteiger partial charge in [0.1, 0.15) is 11.6 Å². The molecule has 0 saturated carbocycles. The van der Waals surface area contributed by atoms with Crippen LogP contribution in [0.25, 0.3) is 43.6 Å². The van der Waals surface area contributed by atoms with Crippen LogP contribution in [0.15, 0.2) is 48.5 Å². The van der Waals surface area contributed by atoms with Crippen LogP contribution in [0.1, 0.15) is 37.6 Å². The number of fused-ring (bicyclic) bond motifs is 13. The van der Waals surface area contributed by atoms with Gasteiger partial charge in [-0.05, 0) is 51.2 Å². The lowest BCUT2D eigenvalue weighted by Crippen LogP contribution is -2.48. The van der Waals surface area contributed by atoms with Gasteiger partial charge in [0.05, 0.1) is 29.2 Å². The van der Waals surface area contributed by atoms with E-state index in [0.717, 1.165) is 29.6 Å². The fourth-order valence-electron chi connectivity index (χ4n) is 7.23. The standard InChI is InChI=1S/C28H25N3O3.2CH5N/c1-27(26(32)33-3)12-21-30-19-10-6-4-8-15(19)22-17-13-29-14-18(17)23-16-9-5-7-11-20(16)31(25(23)24(22)30)28(27,2)34-21;2*1-2/h4-11,21,29H,12-14H2,1-3H3;2*2H2,1H3. The number of para-hydroxylation sites is 2. The first-order valence-electron chi connectivity index (χ1n) is 13.1. The number of hydrogen-bond donors (Lipinski definition) is 3. The SMILES string of the molecule is CN.CN.COC(=O)C1(C)CC2OC1(C)n1c3ccccc3c3c4c(c5c6ccccc6n2c5c31)CNC4. The van der Waals surface area contributed by atoms with E-state index in [4.69, 9.17) is 9.47 Å². The summed E-state index contributed by atoms with van der Waals surface area (Å²) in [4.78, 5) is 13.4. The monoisotopic (exact) mass is 513 g/mol. The van der Waals surface area contributed by atoms with Crippen LogP contribution in [0.2, 0.25) is 0 Å². The van der Waals surface area contributed by atoms with Gasteiger partial charge in [0.25, 0.3) is 0 Å². The molecule has 8 heteroatoms. The molecular formula is C30H35N5O3. The molecule has 1 saturated heterocycles. The average molecular weight is 514 g/mol. The molecule has 3 aliphatic rings. The number of rotatable bonds is 1. The topological polar surface area (TPSA) is 109 Å². The fraction of sp³-hybridized carbons (Fsp3) is 0.367. The van der Waals surface area contributed by atoms with Gasteiger partial charge in [0, 0.05) is 41.1 Å². The molecule has 3 atom stereocenters. The minimum Gasteiger partial charge on any atom is -0.468 e. The van der Waals surface area contributed by atoms with E-state index in [1.807, 2.05) is 6.92 Å². The molecule has 1 fully saturated rings. The zero-order valence-electron chi connectivity index (χ0n) is 22.6. The van der Waals surface area contributed by atoms with Crippen molar-refractivity contribution in [2.24, 2.45) is 16.9 Å². The smallest absolute Gasteiger partial charge is 0.316 e. The fourth-order valence-corrected chi connectivity index (χ4v) is 7.23. The summed E-state index contributed by atoms with van der Waals surface area (Å²) in [6.45, 7) is 5.77. The van der Waals surface area contributed by atoms with Crippen molar-refractivity contribution in [3.8, 4) is 0 Å². The molecule has 38 heavy (non-hydrogen) atoms. The number of nitrogens with two attached hydrogens (primary N) is 2. The van der Waals surface area contributed by atoms with Crippen LogP contribution in [-0.2, 0) is 33.1 Å². The van der Waals surface area contributed by atoms with Gasteiger partial charge in [0.15, 0.2) is 5.72 Å². The van der Waals surface area contributed by atoms with Gasteiger partial charge in [-0.1, -0.05) is 36.4 Å². The molecule has 3 unspecified atom stereocenters. The Morgan fingerprint density at radius 2 is 1.47 bits per heavy atom. The molecule has 5 aromatic rings. The number of ether oxygens (including phenoxy) is 2. The minimum absolute atomic E-state index is 0.234. The molecule has 0 amide bonds. The summed E-state index contributed by atoms with van der Waals surface area (Å²) in [6, 6.07) is 17.2. The molecule has 5 heterocycles. The molecule has 0 spiro atoms. The van der Waals surface area contributed by atoms with Crippen LogP contribution in [0.4, 0.5) is 0 Å². The third kappa shape index (κ3) is 2.70. The number of esters is 1. The van der Waals surface area contributed by atoms with E-state index in [-0.39, 0.29) is 12.2 Å². The van der Waals surface area contributed by atoms with E-state index in [9.17, 15) is 4.79 Å². The summed E-state index contributed by atoms with van der Waals surface area (Å²) in [5.41, 5.74) is 14.6. The highest BCUT2D eigenvalue weighted by Gasteiger charge is 2.63. The van der Waals surface area contributed by atoms with E-state index in [0.29, 0.717) is 6.42 Å². The number of carbonyl (C=O) groups is 1. The number of benzene rings is 3. The highest BCUT2D eigenvalue weighted by molar-refractivity contribution is 6.25. The Kier molecular flexibility index (Phi) is 5.59. The second-order valence-electron chi connectivity index (χ2n) is 10.3. The van der Waals surface area contributed by atoms with Gasteiger partial charge >= 0.3 is 5.97 Å². The van der Waals surface area contributed by atoms with Crippen LogP contribution in [0.5, 0.6) is 0 Å². The van der Waals surface area contributed by atoms with Crippen LogP contribution in [0.3, 0.4) is 0 Å². The van der Waals surface area contributed by atoms with Crippen LogP contribution >= 0.6 is 0 Å². The highest BCUT2D eigenvalue weighted by Crippen LogP contribution is 2.60. The number of hydrogen-bond acceptors (Lipinski definition) is 6. The maximum absolute atomic E-state index is 13.4. The number of carbonyl (C=O) groups excluding carboxylic acids is 1. The van der Waals surface area contributed by atoms with Crippen molar-refractivity contribution in [2.45, 2.75) is 45.3 Å². The van der Waals surface area contributed by atoms with Gasteiger partial charge in [-0.3, -0.25) is 4.79 Å². The predicted octanol–water partition coefficient (Wildman–Crippen LogP) is 4.44. The molecule has 3 aliphatic heterocycles. The van der Waals surface area contributed by atoms with Gasteiger partial charge in [-0.25, -0.2) is 0 Å². The van der Waals surface area contributed by atoms with E-state index in [1.165, 1.54) is 59.4 Å². The molecule has 8 rings (SSSR count). The number of nitrogens with one attached hydrogen (secondary N) is 1. The van der Waals surface area contributed by atoms with Crippen molar-refractivity contribution in [3.63, 3.8) is 0 Å². The Hall–Kier alpha value is -3.43. The first-order chi connectivity index (χ1) is 18.5. The first kappa shape index (κ1) is 24.9. The summed E-state index contributed by atoms with van der Waals surface area (Å²) in [5, 5.41) is 8.66. The summed E-state index contributed by atoms with van der Waals surface area (Å²) >= 11 is 0. The lowest BCUT2D eigenvalue weighted by Gasteiger charge is -2.39. The molecule has 0 radical (unpaired) electrons. The summed E-state index contributed by atoms with van der Waals surface area (Å²) in [7, 11) is 4.48. The Labute approximate surface area is 221 Å². The number of methoxy groups -OCH3 is 1. The van der Waals surface area contributed by atoms with Crippen molar-refractivity contribution in [1.82, 2.24) is 14.5 Å². The maximum atomic E-state index is 13.4.